The molecule has 0 bridgehead atoms. The second-order valence-electron chi connectivity index (χ2n) is 4.61. The average molecular weight is 248 g/mol. The van der Waals surface area contributed by atoms with Gasteiger partial charge < -0.3 is 10.7 Å². The van der Waals surface area contributed by atoms with Crippen LogP contribution in [0.15, 0.2) is 48.5 Å². The molecular weight excluding hydrogens is 236 g/mol. The summed E-state index contributed by atoms with van der Waals surface area (Å²) >= 11 is 0. The second kappa shape index (κ2) is 3.62. The van der Waals surface area contributed by atoms with Gasteiger partial charge in [-0.05, 0) is 12.1 Å². The van der Waals surface area contributed by atoms with Crippen LogP contribution in [0, 0.1) is 0 Å². The molecule has 4 rings (SSSR count). The Morgan fingerprint density at radius 2 is 1.79 bits per heavy atom. The van der Waals surface area contributed by atoms with Crippen LogP contribution in [-0.2, 0) is 0 Å². The highest BCUT2D eigenvalue weighted by atomic mass is 15.2. The summed E-state index contributed by atoms with van der Waals surface area (Å²) in [4.78, 5) is 3.43. The zero-order chi connectivity index (χ0) is 12.8. The van der Waals surface area contributed by atoms with Crippen molar-refractivity contribution in [1.82, 2.24) is 15.2 Å². The lowest BCUT2D eigenvalue weighted by Gasteiger charge is -1.99. The van der Waals surface area contributed by atoms with Crippen LogP contribution in [0.5, 0.6) is 0 Å². The van der Waals surface area contributed by atoms with Crippen LogP contribution in [0.1, 0.15) is 0 Å². The normalized spacial score (nSPS) is 11.4. The smallest absolute Gasteiger partial charge is 0.119 e. The van der Waals surface area contributed by atoms with Crippen molar-refractivity contribution in [2.75, 3.05) is 5.73 Å². The highest BCUT2D eigenvalue weighted by Crippen LogP contribution is 2.33. The van der Waals surface area contributed by atoms with E-state index in [2.05, 4.69) is 39.4 Å². The molecule has 0 radical (unpaired) electrons. The molecule has 0 atom stereocenters. The molecule has 19 heavy (non-hydrogen) atoms. The maximum absolute atomic E-state index is 5.72. The summed E-state index contributed by atoms with van der Waals surface area (Å²) in [6.07, 6.45) is 0. The van der Waals surface area contributed by atoms with E-state index in [1.165, 1.54) is 10.8 Å². The molecule has 0 spiro atoms. The zero-order valence-electron chi connectivity index (χ0n) is 10.1. The molecule has 4 heteroatoms. The fourth-order valence-electron chi connectivity index (χ4n) is 2.59. The molecule has 4 aromatic rings. The van der Waals surface area contributed by atoms with Crippen molar-refractivity contribution >= 4 is 27.6 Å². The van der Waals surface area contributed by atoms with Gasteiger partial charge >= 0.3 is 0 Å². The number of benzene rings is 2. The van der Waals surface area contributed by atoms with Gasteiger partial charge in [0.2, 0.25) is 0 Å². The van der Waals surface area contributed by atoms with Crippen molar-refractivity contribution in [3.05, 3.63) is 48.5 Å². The van der Waals surface area contributed by atoms with E-state index in [-0.39, 0.29) is 0 Å². The number of anilines is 1. The molecule has 4 N–H and O–H groups in total. The first kappa shape index (κ1) is 10.2. The van der Waals surface area contributed by atoms with Gasteiger partial charge in [0.1, 0.15) is 5.82 Å². The monoisotopic (exact) mass is 248 g/mol. The van der Waals surface area contributed by atoms with Crippen LogP contribution in [0.2, 0.25) is 0 Å². The first-order valence-electron chi connectivity index (χ1n) is 6.13. The van der Waals surface area contributed by atoms with Crippen molar-refractivity contribution in [1.29, 1.82) is 0 Å². The number of para-hydroxylation sites is 1. The summed E-state index contributed by atoms with van der Waals surface area (Å²) in [5.41, 5.74) is 9.92. The van der Waals surface area contributed by atoms with Gasteiger partial charge in [-0.3, -0.25) is 5.10 Å². The van der Waals surface area contributed by atoms with Crippen LogP contribution >= 0.6 is 0 Å². The first-order valence-corrected chi connectivity index (χ1v) is 6.13. The summed E-state index contributed by atoms with van der Waals surface area (Å²) in [7, 11) is 0. The number of hydrogen-bond donors (Lipinski definition) is 3. The third kappa shape index (κ3) is 1.43. The second-order valence-corrected chi connectivity index (χ2v) is 4.61. The van der Waals surface area contributed by atoms with Gasteiger partial charge in [0.15, 0.2) is 0 Å². The molecule has 92 valence electrons. The summed E-state index contributed by atoms with van der Waals surface area (Å²) in [6.45, 7) is 0. The van der Waals surface area contributed by atoms with Crippen LogP contribution in [0.25, 0.3) is 33.1 Å². The van der Waals surface area contributed by atoms with Gasteiger partial charge in [0.25, 0.3) is 0 Å². The van der Waals surface area contributed by atoms with Crippen molar-refractivity contribution in [2.45, 2.75) is 0 Å². The Bertz CT molecular complexity index is 885. The lowest BCUT2D eigenvalue weighted by molar-refractivity contribution is 1.10. The molecule has 0 saturated carbocycles. The number of H-pyrrole nitrogens is 2. The quantitative estimate of drug-likeness (QED) is 0.483. The summed E-state index contributed by atoms with van der Waals surface area (Å²) in [5.74, 6) is 0.576. The lowest BCUT2D eigenvalue weighted by Crippen LogP contribution is -1.81. The number of nitrogens with zero attached hydrogens (tertiary/aromatic N) is 1. The minimum Gasteiger partial charge on any atom is -0.384 e. The van der Waals surface area contributed by atoms with Gasteiger partial charge in [-0.2, -0.15) is 5.10 Å². The summed E-state index contributed by atoms with van der Waals surface area (Å²) in [6, 6.07) is 16.3. The standard InChI is InChI=1S/C15H12N4/c16-14-8-13(18-19-14)10-5-3-7-12-15(10)9-4-1-2-6-11(9)17-12/h1-8,17H,(H3,16,18,19). The Kier molecular flexibility index (Phi) is 1.94. The highest BCUT2D eigenvalue weighted by Gasteiger charge is 2.11. The predicted octanol–water partition coefficient (Wildman–Crippen LogP) is 3.29. The van der Waals surface area contributed by atoms with Crippen LogP contribution in [0.4, 0.5) is 5.82 Å². The van der Waals surface area contributed by atoms with Gasteiger partial charge in [-0.1, -0.05) is 30.3 Å². The van der Waals surface area contributed by atoms with E-state index in [9.17, 15) is 0 Å². The van der Waals surface area contributed by atoms with Crippen molar-refractivity contribution in [3.8, 4) is 11.3 Å². The zero-order valence-corrected chi connectivity index (χ0v) is 10.1. The maximum Gasteiger partial charge on any atom is 0.119 e. The van der Waals surface area contributed by atoms with Crippen LogP contribution in [0.3, 0.4) is 0 Å². The summed E-state index contributed by atoms with van der Waals surface area (Å²) in [5, 5.41) is 9.44. The number of aromatic amines is 2. The Labute approximate surface area is 109 Å². The fraction of sp³-hybridized carbons (Fsp3) is 0. The first-order chi connectivity index (χ1) is 9.33. The van der Waals surface area contributed by atoms with E-state index < -0.39 is 0 Å². The van der Waals surface area contributed by atoms with Gasteiger partial charge in [0, 0.05) is 33.4 Å². The topological polar surface area (TPSA) is 70.5 Å². The predicted molar refractivity (Wildman–Crippen MR) is 77.8 cm³/mol. The van der Waals surface area contributed by atoms with E-state index in [1.807, 2.05) is 24.3 Å². The van der Waals surface area contributed by atoms with Crippen molar-refractivity contribution in [3.63, 3.8) is 0 Å². The molecule has 0 aliphatic carbocycles. The number of hydrogen-bond acceptors (Lipinski definition) is 2. The number of nitrogens with one attached hydrogen (secondary N) is 2. The molecule has 0 saturated heterocycles. The molecule has 2 aromatic carbocycles. The molecule has 0 aliphatic rings. The van der Waals surface area contributed by atoms with Gasteiger partial charge in [0.05, 0.1) is 5.69 Å². The Morgan fingerprint density at radius 3 is 2.63 bits per heavy atom. The maximum atomic E-state index is 5.72. The third-order valence-electron chi connectivity index (χ3n) is 3.40. The largest absolute Gasteiger partial charge is 0.384 e. The lowest BCUT2D eigenvalue weighted by atomic mass is 10.0. The molecule has 4 nitrogen and oxygen atoms in total. The molecule has 0 aliphatic heterocycles. The Hall–Kier alpha value is -2.75. The van der Waals surface area contributed by atoms with E-state index in [1.54, 1.807) is 0 Å². The van der Waals surface area contributed by atoms with Gasteiger partial charge in [-0.25, -0.2) is 0 Å². The van der Waals surface area contributed by atoms with Crippen molar-refractivity contribution < 1.29 is 0 Å². The van der Waals surface area contributed by atoms with E-state index in [0.29, 0.717) is 5.82 Å². The number of nitrogen functional groups attached to an aromatic ring is 1. The number of aromatic nitrogens is 3. The Morgan fingerprint density at radius 1 is 0.947 bits per heavy atom. The van der Waals surface area contributed by atoms with Gasteiger partial charge in [-0.15, -0.1) is 0 Å². The molecule has 0 fully saturated rings. The average Bonchev–Trinajstić information content (AvgIpc) is 3.01. The molecule has 2 heterocycles. The van der Waals surface area contributed by atoms with Crippen LogP contribution in [-0.4, -0.2) is 15.2 Å². The number of rotatable bonds is 1. The van der Waals surface area contributed by atoms with E-state index in [0.717, 1.165) is 22.3 Å². The van der Waals surface area contributed by atoms with Crippen molar-refractivity contribution in [2.24, 2.45) is 0 Å². The SMILES string of the molecule is Nc1cc(-c2cccc3[nH]c4ccccc4c23)n[nH]1. The molecule has 0 unspecified atom stereocenters. The highest BCUT2D eigenvalue weighted by molar-refractivity contribution is 6.13. The minimum absolute atomic E-state index is 0.576. The summed E-state index contributed by atoms with van der Waals surface area (Å²) < 4.78 is 0. The fourth-order valence-corrected chi connectivity index (χ4v) is 2.59. The van der Waals surface area contributed by atoms with E-state index >= 15 is 0 Å². The molecule has 0 amide bonds. The number of fused-ring (bicyclic) bond motifs is 3. The molecule has 2 aromatic heterocycles. The Balaban J connectivity index is 2.16. The third-order valence-corrected chi connectivity index (χ3v) is 3.40. The number of nitrogens with two attached hydrogens (primary N) is 1. The molecular formula is C15H12N4. The van der Waals surface area contributed by atoms with Crippen LogP contribution < -0.4 is 5.73 Å². The van der Waals surface area contributed by atoms with E-state index in [4.69, 9.17) is 5.73 Å². The minimum atomic E-state index is 0.576.